The summed E-state index contributed by atoms with van der Waals surface area (Å²) in [6, 6.07) is 0. The molecule has 2 rings (SSSR count). The lowest BCUT2D eigenvalue weighted by Gasteiger charge is -2.12. The van der Waals surface area contributed by atoms with Gasteiger partial charge < -0.3 is 4.57 Å². The first kappa shape index (κ1) is 9.44. The lowest BCUT2D eigenvalue weighted by molar-refractivity contribution is -0.120. The fourth-order valence-corrected chi connectivity index (χ4v) is 2.15. The highest BCUT2D eigenvalue weighted by Gasteiger charge is 2.25. The monoisotopic (exact) mass is 192 g/mol. The molecule has 14 heavy (non-hydrogen) atoms. The fraction of sp³-hybridized carbons (Fsp3) is 0.636. The fourth-order valence-electron chi connectivity index (χ4n) is 2.15. The molecule has 0 saturated heterocycles. The van der Waals surface area contributed by atoms with Crippen molar-refractivity contribution in [1.29, 1.82) is 0 Å². The van der Waals surface area contributed by atoms with Crippen molar-refractivity contribution in [1.82, 2.24) is 9.55 Å². The molecule has 0 amide bonds. The maximum atomic E-state index is 11.8. The van der Waals surface area contributed by atoms with Gasteiger partial charge in [-0.2, -0.15) is 0 Å². The Kier molecular flexibility index (Phi) is 2.66. The quantitative estimate of drug-likeness (QED) is 0.638. The van der Waals surface area contributed by atoms with Crippen LogP contribution >= 0.6 is 0 Å². The van der Waals surface area contributed by atoms with Crippen molar-refractivity contribution in [3.8, 4) is 0 Å². The minimum atomic E-state index is 0.0532. The molecule has 1 atom stereocenters. The first-order valence-electron chi connectivity index (χ1n) is 5.29. The zero-order chi connectivity index (χ0) is 9.97. The van der Waals surface area contributed by atoms with Gasteiger partial charge in [-0.05, 0) is 12.8 Å². The van der Waals surface area contributed by atoms with E-state index in [0.717, 1.165) is 31.5 Å². The third-order valence-electron chi connectivity index (χ3n) is 2.97. The van der Waals surface area contributed by atoms with Gasteiger partial charge >= 0.3 is 0 Å². The predicted molar refractivity (Wildman–Crippen MR) is 54.0 cm³/mol. The number of Topliss-reactive ketones (excluding diaryl/α,β-unsaturated/α-hetero) is 1. The molecule has 0 spiro atoms. The van der Waals surface area contributed by atoms with E-state index in [-0.39, 0.29) is 5.92 Å². The Morgan fingerprint density at radius 3 is 3.00 bits per heavy atom. The number of rotatable bonds is 1. The molecule has 76 valence electrons. The molecule has 0 aliphatic heterocycles. The molecule has 0 bridgehead atoms. The lowest BCUT2D eigenvalue weighted by atomic mass is 9.98. The summed E-state index contributed by atoms with van der Waals surface area (Å²) in [6.45, 7) is 0. The Balaban J connectivity index is 2.23. The molecule has 3 nitrogen and oxygen atoms in total. The van der Waals surface area contributed by atoms with Gasteiger partial charge in [0.15, 0.2) is 0 Å². The van der Waals surface area contributed by atoms with Gasteiger partial charge in [0, 0.05) is 25.9 Å². The van der Waals surface area contributed by atoms with Gasteiger partial charge in [-0.1, -0.05) is 12.8 Å². The second-order valence-corrected chi connectivity index (χ2v) is 4.01. The topological polar surface area (TPSA) is 34.9 Å². The molecule has 1 saturated carbocycles. The van der Waals surface area contributed by atoms with E-state index >= 15 is 0 Å². The minimum absolute atomic E-state index is 0.0532. The molecule has 1 fully saturated rings. The molecule has 0 radical (unpaired) electrons. The van der Waals surface area contributed by atoms with Crippen LogP contribution in [0, 0.1) is 0 Å². The highest BCUT2D eigenvalue weighted by atomic mass is 16.1. The Bertz CT molecular complexity index is 330. The van der Waals surface area contributed by atoms with E-state index in [1.54, 1.807) is 6.20 Å². The summed E-state index contributed by atoms with van der Waals surface area (Å²) in [5.74, 6) is 1.37. The molecule has 1 heterocycles. The van der Waals surface area contributed by atoms with E-state index in [4.69, 9.17) is 0 Å². The third kappa shape index (κ3) is 1.72. The Labute approximate surface area is 84.1 Å². The first-order chi connectivity index (χ1) is 6.79. The van der Waals surface area contributed by atoms with Crippen molar-refractivity contribution < 1.29 is 4.79 Å². The molecule has 0 aromatic carbocycles. The number of hydrogen-bond donors (Lipinski definition) is 0. The van der Waals surface area contributed by atoms with Crippen molar-refractivity contribution >= 4 is 5.78 Å². The molecule has 0 N–H and O–H groups in total. The van der Waals surface area contributed by atoms with Crippen LogP contribution in [0.2, 0.25) is 0 Å². The molecular formula is C11H16N2O. The smallest absolute Gasteiger partial charge is 0.143 e. The van der Waals surface area contributed by atoms with Crippen molar-refractivity contribution in [2.45, 2.75) is 38.0 Å². The summed E-state index contributed by atoms with van der Waals surface area (Å²) in [4.78, 5) is 16.1. The number of nitrogens with zero attached hydrogens (tertiary/aromatic N) is 2. The van der Waals surface area contributed by atoms with Gasteiger partial charge in [0.1, 0.15) is 11.6 Å². The van der Waals surface area contributed by atoms with E-state index in [2.05, 4.69) is 4.98 Å². The number of hydrogen-bond acceptors (Lipinski definition) is 2. The van der Waals surface area contributed by atoms with Crippen LogP contribution in [0.5, 0.6) is 0 Å². The summed E-state index contributed by atoms with van der Waals surface area (Å²) in [5, 5.41) is 0. The number of carbonyl (C=O) groups excluding carboxylic acids is 1. The molecule has 1 unspecified atom stereocenters. The highest BCUT2D eigenvalue weighted by Crippen LogP contribution is 2.27. The maximum Gasteiger partial charge on any atom is 0.143 e. The van der Waals surface area contributed by atoms with Crippen molar-refractivity contribution in [3.63, 3.8) is 0 Å². The molecule has 1 aromatic heterocycles. The Morgan fingerprint density at radius 1 is 1.43 bits per heavy atom. The van der Waals surface area contributed by atoms with Crippen molar-refractivity contribution in [3.05, 3.63) is 18.2 Å². The number of aryl methyl sites for hydroxylation is 1. The van der Waals surface area contributed by atoms with Crippen LogP contribution < -0.4 is 0 Å². The molecular weight excluding hydrogens is 176 g/mol. The van der Waals surface area contributed by atoms with E-state index < -0.39 is 0 Å². The molecule has 1 aliphatic rings. The summed E-state index contributed by atoms with van der Waals surface area (Å²) in [5.41, 5.74) is 0. The second-order valence-electron chi connectivity index (χ2n) is 4.01. The van der Waals surface area contributed by atoms with Gasteiger partial charge in [-0.25, -0.2) is 4.98 Å². The molecule has 1 aliphatic carbocycles. The summed E-state index contributed by atoms with van der Waals surface area (Å²) in [6.07, 6.45) is 8.79. The zero-order valence-electron chi connectivity index (χ0n) is 8.57. The van der Waals surface area contributed by atoms with E-state index in [1.165, 1.54) is 6.42 Å². The number of carbonyl (C=O) groups is 1. The lowest BCUT2D eigenvalue weighted by Crippen LogP contribution is -2.14. The average molecular weight is 192 g/mol. The molecule has 1 aromatic rings. The van der Waals surface area contributed by atoms with Crippen LogP contribution in [0.1, 0.15) is 43.8 Å². The summed E-state index contributed by atoms with van der Waals surface area (Å²) < 4.78 is 1.97. The number of ketones is 1. The van der Waals surface area contributed by atoms with Crippen LogP contribution in [0.3, 0.4) is 0 Å². The SMILES string of the molecule is Cn1ccnc1C1CCCCCC1=O. The van der Waals surface area contributed by atoms with Crippen LogP contribution in [-0.2, 0) is 11.8 Å². The van der Waals surface area contributed by atoms with Gasteiger partial charge in [0.25, 0.3) is 0 Å². The normalized spacial score (nSPS) is 23.5. The largest absolute Gasteiger partial charge is 0.337 e. The minimum Gasteiger partial charge on any atom is -0.337 e. The first-order valence-corrected chi connectivity index (χ1v) is 5.29. The van der Waals surface area contributed by atoms with E-state index in [0.29, 0.717) is 5.78 Å². The third-order valence-corrected chi connectivity index (χ3v) is 2.97. The Morgan fingerprint density at radius 2 is 2.29 bits per heavy atom. The van der Waals surface area contributed by atoms with Crippen LogP contribution in [-0.4, -0.2) is 15.3 Å². The average Bonchev–Trinajstić information content (AvgIpc) is 2.46. The van der Waals surface area contributed by atoms with Crippen LogP contribution in [0.4, 0.5) is 0 Å². The van der Waals surface area contributed by atoms with Gasteiger partial charge in [0.05, 0.1) is 5.92 Å². The van der Waals surface area contributed by atoms with Crippen molar-refractivity contribution in [2.24, 2.45) is 7.05 Å². The van der Waals surface area contributed by atoms with Crippen LogP contribution in [0.25, 0.3) is 0 Å². The van der Waals surface area contributed by atoms with Crippen molar-refractivity contribution in [2.75, 3.05) is 0 Å². The highest BCUT2D eigenvalue weighted by molar-refractivity contribution is 5.85. The van der Waals surface area contributed by atoms with E-state index in [1.807, 2.05) is 17.8 Å². The van der Waals surface area contributed by atoms with Crippen LogP contribution in [0.15, 0.2) is 12.4 Å². The standard InChI is InChI=1S/C11H16N2O/c1-13-8-7-12-11(13)9-5-3-2-4-6-10(9)14/h7-9H,2-6H2,1H3. The zero-order valence-corrected chi connectivity index (χ0v) is 8.57. The number of imidazole rings is 1. The maximum absolute atomic E-state index is 11.8. The second kappa shape index (κ2) is 3.95. The number of aromatic nitrogens is 2. The Hall–Kier alpha value is -1.12. The van der Waals surface area contributed by atoms with Gasteiger partial charge in [-0.15, -0.1) is 0 Å². The van der Waals surface area contributed by atoms with Gasteiger partial charge in [-0.3, -0.25) is 4.79 Å². The molecule has 3 heteroatoms. The summed E-state index contributed by atoms with van der Waals surface area (Å²) >= 11 is 0. The van der Waals surface area contributed by atoms with E-state index in [9.17, 15) is 4.79 Å². The van der Waals surface area contributed by atoms with Gasteiger partial charge in [0.2, 0.25) is 0 Å². The predicted octanol–water partition coefficient (Wildman–Crippen LogP) is 2.04. The summed E-state index contributed by atoms with van der Waals surface area (Å²) in [7, 11) is 1.96.